The molecule has 1 saturated carbocycles. The van der Waals surface area contributed by atoms with Gasteiger partial charge in [-0.3, -0.25) is 9.59 Å². The van der Waals surface area contributed by atoms with Crippen molar-refractivity contribution in [3.05, 3.63) is 62.0 Å². The van der Waals surface area contributed by atoms with Gasteiger partial charge in [0.25, 0.3) is 11.5 Å². The summed E-state index contributed by atoms with van der Waals surface area (Å²) in [4.78, 5) is 30.0. The van der Waals surface area contributed by atoms with Crippen LogP contribution >= 0.6 is 11.6 Å². The molecule has 1 unspecified atom stereocenters. The Bertz CT molecular complexity index is 1010. The van der Waals surface area contributed by atoms with E-state index in [9.17, 15) is 9.59 Å². The predicted octanol–water partition coefficient (Wildman–Crippen LogP) is 4.50. The first kappa shape index (κ1) is 24.3. The third-order valence-corrected chi connectivity index (χ3v) is 7.12. The lowest BCUT2D eigenvalue weighted by Gasteiger charge is -2.36. The quantitative estimate of drug-likeness (QED) is 0.571. The lowest BCUT2D eigenvalue weighted by atomic mass is 9.81. The summed E-state index contributed by atoms with van der Waals surface area (Å²) in [5.74, 6) is 0.351. The second-order valence-corrected chi connectivity index (χ2v) is 9.68. The number of pyridine rings is 1. The third-order valence-electron chi connectivity index (χ3n) is 6.90. The molecule has 0 radical (unpaired) electrons. The summed E-state index contributed by atoms with van der Waals surface area (Å²) in [6, 6.07) is 6.36. The van der Waals surface area contributed by atoms with Crippen molar-refractivity contribution in [1.29, 1.82) is 0 Å². The first-order valence-corrected chi connectivity index (χ1v) is 11.7. The Hall–Kier alpha value is -2.31. The van der Waals surface area contributed by atoms with E-state index in [2.05, 4.69) is 41.5 Å². The van der Waals surface area contributed by atoms with E-state index in [1.165, 1.54) is 25.7 Å². The van der Waals surface area contributed by atoms with Gasteiger partial charge >= 0.3 is 0 Å². The normalized spacial score (nSPS) is 19.6. The number of nitrogens with zero attached hydrogens (tertiary/aromatic N) is 1. The van der Waals surface area contributed by atoms with Crippen molar-refractivity contribution < 1.29 is 4.79 Å². The number of carbonyl (C=O) groups excluding carboxylic acids is 1. The summed E-state index contributed by atoms with van der Waals surface area (Å²) in [7, 11) is 4.31. The van der Waals surface area contributed by atoms with E-state index >= 15 is 0 Å². The predicted molar refractivity (Wildman–Crippen MR) is 132 cm³/mol. The smallest absolute Gasteiger partial charge is 0.253 e. The maximum Gasteiger partial charge on any atom is 0.253 e. The monoisotopic (exact) mass is 458 g/mol. The summed E-state index contributed by atoms with van der Waals surface area (Å²) in [6.45, 7) is 6.17. The number of hydrogen-bond donors (Lipinski definition) is 3. The van der Waals surface area contributed by atoms with Crippen LogP contribution in [-0.2, 0) is 6.54 Å². The van der Waals surface area contributed by atoms with E-state index in [-0.39, 0.29) is 24.1 Å². The van der Waals surface area contributed by atoms with E-state index in [1.807, 2.05) is 26.0 Å². The van der Waals surface area contributed by atoms with Crippen LogP contribution in [0, 0.1) is 19.8 Å². The van der Waals surface area contributed by atoms with Gasteiger partial charge in [-0.25, -0.2) is 0 Å². The minimum atomic E-state index is -0.241. The van der Waals surface area contributed by atoms with Crippen molar-refractivity contribution in [2.75, 3.05) is 19.4 Å². The highest BCUT2D eigenvalue weighted by molar-refractivity contribution is 6.31. The molecule has 174 valence electrons. The molecule has 1 aromatic heterocycles. The van der Waals surface area contributed by atoms with Crippen molar-refractivity contribution in [3.8, 4) is 0 Å². The Balaban J connectivity index is 1.70. The van der Waals surface area contributed by atoms with Crippen LogP contribution < -0.4 is 16.2 Å². The Morgan fingerprint density at radius 2 is 1.91 bits per heavy atom. The molecule has 32 heavy (non-hydrogen) atoms. The molecule has 6 nitrogen and oxygen atoms in total. The molecular formula is C25H35ClN4O2. The average molecular weight is 459 g/mol. The maximum atomic E-state index is 12.9. The molecule has 0 spiro atoms. The van der Waals surface area contributed by atoms with Crippen molar-refractivity contribution in [2.24, 2.45) is 5.92 Å². The van der Waals surface area contributed by atoms with Gasteiger partial charge in [0.15, 0.2) is 0 Å². The molecule has 7 heteroatoms. The van der Waals surface area contributed by atoms with Crippen molar-refractivity contribution >= 4 is 23.2 Å². The fourth-order valence-electron chi connectivity index (χ4n) is 4.64. The van der Waals surface area contributed by atoms with Gasteiger partial charge in [0.1, 0.15) is 0 Å². The zero-order valence-electron chi connectivity index (χ0n) is 19.7. The first-order valence-electron chi connectivity index (χ1n) is 11.4. The van der Waals surface area contributed by atoms with E-state index in [0.29, 0.717) is 28.1 Å². The van der Waals surface area contributed by atoms with Gasteiger partial charge in [-0.15, -0.1) is 0 Å². The van der Waals surface area contributed by atoms with Crippen molar-refractivity contribution in [2.45, 2.75) is 65.1 Å². The fourth-order valence-corrected chi connectivity index (χ4v) is 4.86. The number of carbonyl (C=O) groups is 1. The summed E-state index contributed by atoms with van der Waals surface area (Å²) >= 11 is 6.38. The number of benzene rings is 1. The number of anilines is 1. The number of nitrogens with one attached hydrogen (secondary N) is 3. The van der Waals surface area contributed by atoms with Gasteiger partial charge in [-0.1, -0.05) is 11.6 Å². The van der Waals surface area contributed by atoms with Crippen LogP contribution in [0.2, 0.25) is 5.02 Å². The molecule has 0 bridgehead atoms. The zero-order chi connectivity index (χ0) is 23.4. The van der Waals surface area contributed by atoms with E-state index < -0.39 is 0 Å². The number of rotatable bonds is 7. The van der Waals surface area contributed by atoms with Crippen LogP contribution in [0.15, 0.2) is 29.2 Å². The van der Waals surface area contributed by atoms with Gasteiger partial charge in [0.05, 0.1) is 0 Å². The zero-order valence-corrected chi connectivity index (χ0v) is 20.5. The summed E-state index contributed by atoms with van der Waals surface area (Å²) in [6.07, 6.45) is 6.41. The highest BCUT2D eigenvalue weighted by atomic mass is 35.5. The number of halogens is 1. The minimum Gasteiger partial charge on any atom is -0.382 e. The first-order chi connectivity index (χ1) is 15.2. The molecular weight excluding hydrogens is 424 g/mol. The largest absolute Gasteiger partial charge is 0.382 e. The van der Waals surface area contributed by atoms with Gasteiger partial charge in [-0.05, 0) is 95.8 Å². The maximum absolute atomic E-state index is 12.9. The molecule has 3 rings (SSSR count). The van der Waals surface area contributed by atoms with Crippen molar-refractivity contribution in [3.63, 3.8) is 0 Å². The topological polar surface area (TPSA) is 77.2 Å². The minimum absolute atomic E-state index is 0.168. The van der Waals surface area contributed by atoms with Gasteiger partial charge in [0, 0.05) is 46.7 Å². The van der Waals surface area contributed by atoms with Gasteiger partial charge in [-0.2, -0.15) is 0 Å². The highest BCUT2D eigenvalue weighted by Crippen LogP contribution is 2.32. The van der Waals surface area contributed by atoms with E-state index in [1.54, 1.807) is 12.3 Å². The number of hydrogen-bond acceptors (Lipinski definition) is 4. The van der Waals surface area contributed by atoms with Gasteiger partial charge in [0.2, 0.25) is 0 Å². The van der Waals surface area contributed by atoms with Crippen LogP contribution in [0.5, 0.6) is 0 Å². The molecule has 2 aromatic rings. The molecule has 0 aliphatic heterocycles. The Morgan fingerprint density at radius 1 is 1.22 bits per heavy atom. The summed E-state index contributed by atoms with van der Waals surface area (Å²) in [5.41, 5.74) is 3.48. The molecule has 1 fully saturated rings. The molecule has 0 saturated heterocycles. The third kappa shape index (κ3) is 5.73. The molecule has 1 aromatic carbocycles. The summed E-state index contributed by atoms with van der Waals surface area (Å²) in [5, 5.41) is 7.01. The lowest BCUT2D eigenvalue weighted by molar-refractivity contribution is 0.0950. The van der Waals surface area contributed by atoms with E-state index in [0.717, 1.165) is 16.8 Å². The van der Waals surface area contributed by atoms with Crippen LogP contribution in [0.4, 0.5) is 5.69 Å². The van der Waals surface area contributed by atoms with Crippen LogP contribution in [0.25, 0.3) is 0 Å². The highest BCUT2D eigenvalue weighted by Gasteiger charge is 2.27. The average Bonchev–Trinajstić information content (AvgIpc) is 2.75. The second-order valence-electron chi connectivity index (χ2n) is 9.24. The second kappa shape index (κ2) is 10.5. The number of amides is 1. The SMILES string of the molecule is Cc1cc[nH]c(=O)c1CNC(=O)c1cc(Cl)cc(NC(C)[C@H]2CC[C@H](N(C)C)CC2)c1C. The Labute approximate surface area is 195 Å². The van der Waals surface area contributed by atoms with Crippen molar-refractivity contribution in [1.82, 2.24) is 15.2 Å². The number of aromatic nitrogens is 1. The van der Waals surface area contributed by atoms with E-state index in [4.69, 9.17) is 11.6 Å². The molecule has 1 aliphatic carbocycles. The number of aryl methyl sites for hydroxylation is 1. The van der Waals surface area contributed by atoms with Crippen LogP contribution in [0.3, 0.4) is 0 Å². The Morgan fingerprint density at radius 3 is 2.53 bits per heavy atom. The Kier molecular flexibility index (Phi) is 8.01. The lowest BCUT2D eigenvalue weighted by Crippen LogP contribution is -2.36. The van der Waals surface area contributed by atoms with Crippen LogP contribution in [0.1, 0.15) is 59.7 Å². The van der Waals surface area contributed by atoms with Crippen LogP contribution in [-0.4, -0.2) is 42.0 Å². The number of aromatic amines is 1. The molecule has 1 aliphatic rings. The molecule has 1 amide bonds. The van der Waals surface area contributed by atoms with Gasteiger partial charge < -0.3 is 20.5 Å². The number of H-pyrrole nitrogens is 1. The molecule has 1 heterocycles. The standard InChI is InChI=1S/C25H35ClN4O2/c1-15-10-11-27-25(32)22(15)14-28-24(31)21-12-19(26)13-23(16(21)2)29-17(3)18-6-8-20(9-7-18)30(4)5/h10-13,17-18,20,29H,6-9,14H2,1-5H3,(H,27,32)(H,28,31)/t17?,18-,20-. The fraction of sp³-hybridized carbons (Fsp3) is 0.520. The molecule has 3 N–H and O–H groups in total. The summed E-state index contributed by atoms with van der Waals surface area (Å²) < 4.78 is 0. The molecule has 1 atom stereocenters.